The van der Waals surface area contributed by atoms with Gasteiger partial charge in [0, 0.05) is 20.3 Å². The molecule has 0 saturated heterocycles. The minimum Gasteiger partial charge on any atom is -0.493 e. The first-order valence-corrected chi connectivity index (χ1v) is 14.9. The maximum atomic E-state index is 13.9. The van der Waals surface area contributed by atoms with Crippen molar-refractivity contribution in [3.05, 3.63) is 58.7 Å². The third-order valence-corrected chi connectivity index (χ3v) is 8.05. The average molecular weight is 599 g/mol. The van der Waals surface area contributed by atoms with E-state index in [1.165, 1.54) is 6.92 Å². The van der Waals surface area contributed by atoms with Crippen molar-refractivity contribution in [2.45, 2.75) is 72.1 Å². The molecule has 2 N–H and O–H groups in total. The highest BCUT2D eigenvalue weighted by Gasteiger charge is 2.52. The van der Waals surface area contributed by atoms with Crippen LogP contribution in [0.3, 0.4) is 0 Å². The molecule has 0 aromatic heterocycles. The Morgan fingerprint density at radius 2 is 1.74 bits per heavy atom. The summed E-state index contributed by atoms with van der Waals surface area (Å²) >= 11 is 0. The third kappa shape index (κ3) is 7.86. The second-order valence-corrected chi connectivity index (χ2v) is 11.1. The van der Waals surface area contributed by atoms with Gasteiger partial charge >= 0.3 is 12.0 Å². The highest BCUT2D eigenvalue weighted by Crippen LogP contribution is 2.41. The molecule has 2 atom stereocenters. The monoisotopic (exact) mass is 598 g/mol. The van der Waals surface area contributed by atoms with Gasteiger partial charge in [0.25, 0.3) is 0 Å². The van der Waals surface area contributed by atoms with Gasteiger partial charge in [-0.05, 0) is 83.1 Å². The quantitative estimate of drug-likeness (QED) is 0.235. The Morgan fingerprint density at radius 1 is 1.09 bits per heavy atom. The highest BCUT2D eigenvalue weighted by atomic mass is 16.5. The zero-order valence-corrected chi connectivity index (χ0v) is 26.4. The molecule has 10 nitrogen and oxygen atoms in total. The molecule has 3 rings (SSSR count). The number of ether oxygens (including phenoxy) is 4. The fourth-order valence-electron chi connectivity index (χ4n) is 5.79. The number of urea groups is 1. The summed E-state index contributed by atoms with van der Waals surface area (Å²) < 4.78 is 23.1. The van der Waals surface area contributed by atoms with Gasteiger partial charge < -0.3 is 34.3 Å². The van der Waals surface area contributed by atoms with Crippen molar-refractivity contribution in [1.29, 1.82) is 0 Å². The summed E-state index contributed by atoms with van der Waals surface area (Å²) in [4.78, 5) is 40.5. The molecular weight excluding hydrogens is 552 g/mol. The molecule has 0 radical (unpaired) electrons. The Labute approximate surface area is 254 Å². The molecule has 0 spiro atoms. The normalized spacial score (nSPS) is 19.1. The van der Waals surface area contributed by atoms with Crippen LogP contribution in [0.15, 0.2) is 36.4 Å². The first kappa shape index (κ1) is 33.9. The van der Waals surface area contributed by atoms with Crippen LogP contribution >= 0.6 is 0 Å². The molecule has 43 heavy (non-hydrogen) atoms. The van der Waals surface area contributed by atoms with Crippen molar-refractivity contribution < 1.29 is 38.4 Å². The number of amides is 2. The van der Waals surface area contributed by atoms with Gasteiger partial charge in [0.05, 0.1) is 32.0 Å². The summed E-state index contributed by atoms with van der Waals surface area (Å²) in [6.45, 7) is 12.3. The summed E-state index contributed by atoms with van der Waals surface area (Å²) in [6, 6.07) is 10.5. The number of methoxy groups -OCH3 is 1. The number of rotatable bonds is 16. The summed E-state index contributed by atoms with van der Waals surface area (Å²) in [5, 5.41) is 12.9. The predicted octanol–water partition coefficient (Wildman–Crippen LogP) is 5.73. The molecule has 0 aliphatic heterocycles. The van der Waals surface area contributed by atoms with E-state index in [1.807, 2.05) is 65.0 Å². The van der Waals surface area contributed by atoms with Crippen LogP contribution < -0.4 is 14.8 Å². The van der Waals surface area contributed by atoms with Crippen LogP contribution in [0.25, 0.3) is 0 Å². The number of aliphatic carboxylic acids is 1. The molecule has 1 aliphatic carbocycles. The van der Waals surface area contributed by atoms with Crippen molar-refractivity contribution in [3.63, 3.8) is 0 Å². The number of carbonyl (C=O) groups is 3. The number of nitrogens with zero attached hydrogens (tertiary/aromatic N) is 1. The maximum Gasteiger partial charge on any atom is 0.329 e. The lowest BCUT2D eigenvalue weighted by molar-refractivity contribution is -0.151. The number of hydrogen-bond donors (Lipinski definition) is 2. The summed E-state index contributed by atoms with van der Waals surface area (Å²) in [5.41, 5.74) is 1.41. The summed E-state index contributed by atoms with van der Waals surface area (Å²) in [6.07, 6.45) is 0.348. The van der Waals surface area contributed by atoms with E-state index in [9.17, 15) is 19.5 Å². The van der Waals surface area contributed by atoms with Crippen LogP contribution in [0.5, 0.6) is 11.5 Å². The van der Waals surface area contributed by atoms with Crippen molar-refractivity contribution in [1.82, 2.24) is 10.2 Å². The minimum atomic E-state index is -1.38. The number of nitrogens with one attached hydrogen (secondary N) is 1. The van der Waals surface area contributed by atoms with Crippen LogP contribution in [0, 0.1) is 12.8 Å². The minimum absolute atomic E-state index is 0.0474. The molecule has 2 aromatic rings. The van der Waals surface area contributed by atoms with Gasteiger partial charge in [0.2, 0.25) is 0 Å². The van der Waals surface area contributed by atoms with Gasteiger partial charge in [0.1, 0.15) is 22.6 Å². The second kappa shape index (κ2) is 15.2. The van der Waals surface area contributed by atoms with Crippen LogP contribution in [0.4, 0.5) is 4.79 Å². The van der Waals surface area contributed by atoms with Gasteiger partial charge in [-0.1, -0.05) is 30.3 Å². The Kier molecular flexibility index (Phi) is 12.0. The lowest BCUT2D eigenvalue weighted by atomic mass is 9.68. The average Bonchev–Trinajstić information content (AvgIpc) is 2.95. The lowest BCUT2D eigenvalue weighted by Gasteiger charge is -2.45. The number of hydrogen-bond acceptors (Lipinski definition) is 7. The SMILES string of the molecule is CCOc1cc([C@@H](C)N(CCO[C@@H](C)c2ccccc2)C(=O)NC2(C(=O)O)CC(COC)C2)c(C)c(OCC)c1C(C)=O. The van der Waals surface area contributed by atoms with E-state index in [0.29, 0.717) is 42.4 Å². The van der Waals surface area contributed by atoms with Crippen molar-refractivity contribution >= 4 is 17.8 Å². The van der Waals surface area contributed by atoms with Crippen LogP contribution in [0.2, 0.25) is 0 Å². The van der Waals surface area contributed by atoms with E-state index in [2.05, 4.69) is 5.32 Å². The molecule has 236 valence electrons. The zero-order valence-electron chi connectivity index (χ0n) is 26.4. The van der Waals surface area contributed by atoms with Crippen LogP contribution in [-0.2, 0) is 14.3 Å². The molecule has 0 heterocycles. The van der Waals surface area contributed by atoms with E-state index in [4.69, 9.17) is 18.9 Å². The number of carboxylic acid groups (broad SMARTS) is 1. The standard InChI is InChI=1S/C33H46N2O8/c1-8-41-28-17-27(21(3)30(42-9-2)29(28)23(5)36)22(4)35(15-16-43-24(6)26-13-11-10-12-14-26)32(39)34-33(31(37)38)18-25(19-33)20-40-7/h10-14,17,22,24-25H,8-9,15-16,18-20H2,1-7H3,(H,34,39)(H,37,38)/t22-,24+,25?,33?/m1/s1. The van der Waals surface area contributed by atoms with E-state index in [-0.39, 0.29) is 43.8 Å². The van der Waals surface area contributed by atoms with E-state index >= 15 is 0 Å². The van der Waals surface area contributed by atoms with Crippen molar-refractivity contribution in [3.8, 4) is 11.5 Å². The first-order chi connectivity index (χ1) is 20.5. The van der Waals surface area contributed by atoms with Gasteiger partial charge in [-0.2, -0.15) is 0 Å². The van der Waals surface area contributed by atoms with Gasteiger partial charge in [-0.25, -0.2) is 9.59 Å². The Balaban J connectivity index is 1.97. The lowest BCUT2D eigenvalue weighted by Crippen LogP contribution is -2.65. The second-order valence-electron chi connectivity index (χ2n) is 11.1. The largest absolute Gasteiger partial charge is 0.493 e. The fourth-order valence-corrected chi connectivity index (χ4v) is 5.79. The Morgan fingerprint density at radius 3 is 2.30 bits per heavy atom. The number of benzene rings is 2. The van der Waals surface area contributed by atoms with E-state index < -0.39 is 23.6 Å². The number of carbonyl (C=O) groups excluding carboxylic acids is 2. The Hall–Kier alpha value is -3.63. The molecular formula is C33H46N2O8. The van der Waals surface area contributed by atoms with Gasteiger partial charge in [-0.15, -0.1) is 0 Å². The first-order valence-electron chi connectivity index (χ1n) is 14.9. The number of ketones is 1. The van der Waals surface area contributed by atoms with Crippen LogP contribution in [0.1, 0.15) is 86.7 Å². The van der Waals surface area contributed by atoms with Gasteiger partial charge in [-0.3, -0.25) is 4.79 Å². The molecule has 2 aromatic carbocycles. The number of carboxylic acids is 1. The molecule has 1 saturated carbocycles. The molecule has 10 heteroatoms. The molecule has 0 bridgehead atoms. The molecule has 1 fully saturated rings. The van der Waals surface area contributed by atoms with Crippen molar-refractivity contribution in [2.75, 3.05) is 40.1 Å². The highest BCUT2D eigenvalue weighted by molar-refractivity contribution is 6.00. The summed E-state index contributed by atoms with van der Waals surface area (Å²) in [7, 11) is 1.58. The maximum absolute atomic E-state index is 13.9. The van der Waals surface area contributed by atoms with Crippen molar-refractivity contribution in [2.24, 2.45) is 5.92 Å². The Bertz CT molecular complexity index is 1260. The third-order valence-electron chi connectivity index (χ3n) is 8.05. The van der Waals surface area contributed by atoms with E-state index in [1.54, 1.807) is 18.1 Å². The molecule has 0 unspecified atom stereocenters. The predicted molar refractivity (Wildman–Crippen MR) is 163 cm³/mol. The molecule has 1 aliphatic rings. The van der Waals surface area contributed by atoms with Crippen LogP contribution in [-0.4, -0.2) is 73.4 Å². The topological polar surface area (TPSA) is 124 Å². The molecule has 2 amide bonds. The summed E-state index contributed by atoms with van der Waals surface area (Å²) in [5.74, 6) is -0.421. The van der Waals surface area contributed by atoms with Gasteiger partial charge in [0.15, 0.2) is 5.78 Å². The smallest absolute Gasteiger partial charge is 0.329 e. The zero-order chi connectivity index (χ0) is 31.7. The fraction of sp³-hybridized carbons (Fsp3) is 0.545. The number of Topliss-reactive ketones (excluding diaryl/α,β-unsaturated/α-hetero) is 1. The van der Waals surface area contributed by atoms with E-state index in [0.717, 1.165) is 11.1 Å².